The van der Waals surface area contributed by atoms with E-state index in [-0.39, 0.29) is 6.54 Å². The van der Waals surface area contributed by atoms with E-state index in [9.17, 15) is 14.7 Å². The topological polar surface area (TPSA) is 116 Å². The predicted octanol–water partition coefficient (Wildman–Crippen LogP) is -0.233. The summed E-state index contributed by atoms with van der Waals surface area (Å²) in [7, 11) is 1.71. The van der Waals surface area contributed by atoms with Crippen molar-refractivity contribution in [2.45, 2.75) is 18.9 Å². The van der Waals surface area contributed by atoms with Gasteiger partial charge in [-0.2, -0.15) is 5.10 Å². The van der Waals surface area contributed by atoms with Crippen molar-refractivity contribution >= 4 is 17.7 Å². The maximum Gasteiger partial charge on any atom is 0.319 e. The van der Waals surface area contributed by atoms with E-state index >= 15 is 0 Å². The minimum absolute atomic E-state index is 0.161. The van der Waals surface area contributed by atoms with Crippen molar-refractivity contribution in [1.82, 2.24) is 15.1 Å². The number of hydrogen-bond acceptors (Lipinski definition) is 4. The van der Waals surface area contributed by atoms with Crippen molar-refractivity contribution in [2.24, 2.45) is 7.05 Å². The lowest BCUT2D eigenvalue weighted by atomic mass is 10.0. The molecule has 0 aliphatic heterocycles. The molecule has 1 unspecified atom stereocenters. The van der Waals surface area contributed by atoms with Crippen LogP contribution in [0.2, 0.25) is 0 Å². The van der Waals surface area contributed by atoms with Gasteiger partial charge in [0.15, 0.2) is 0 Å². The fourth-order valence-corrected chi connectivity index (χ4v) is 1.32. The summed E-state index contributed by atoms with van der Waals surface area (Å²) in [5, 5.41) is 27.0. The molecule has 18 heavy (non-hydrogen) atoms. The first-order valence-corrected chi connectivity index (χ1v) is 5.26. The number of carbonyl (C=O) groups is 2. The SMILES string of the molecule is Cn1cc(NC(=O)NCC(C)(O)CC(=O)O)cn1. The molecule has 8 nitrogen and oxygen atoms in total. The van der Waals surface area contributed by atoms with Crippen LogP contribution < -0.4 is 10.6 Å². The molecule has 0 fully saturated rings. The highest BCUT2D eigenvalue weighted by atomic mass is 16.4. The maximum absolute atomic E-state index is 11.4. The molecule has 1 rings (SSSR count). The third-order valence-electron chi connectivity index (χ3n) is 2.12. The molecule has 0 saturated heterocycles. The molecule has 0 saturated carbocycles. The average molecular weight is 256 g/mol. The molecule has 8 heteroatoms. The minimum Gasteiger partial charge on any atom is -0.481 e. The van der Waals surface area contributed by atoms with Crippen molar-refractivity contribution < 1.29 is 19.8 Å². The molecule has 0 radical (unpaired) electrons. The Labute approximate surface area is 104 Å². The Morgan fingerprint density at radius 1 is 1.56 bits per heavy atom. The van der Waals surface area contributed by atoms with Gasteiger partial charge in [-0.3, -0.25) is 9.48 Å². The highest BCUT2D eigenvalue weighted by Gasteiger charge is 2.24. The van der Waals surface area contributed by atoms with Crippen LogP contribution in [0.15, 0.2) is 12.4 Å². The Balaban J connectivity index is 2.39. The maximum atomic E-state index is 11.4. The van der Waals surface area contributed by atoms with Crippen LogP contribution in [0.25, 0.3) is 0 Å². The van der Waals surface area contributed by atoms with Crippen LogP contribution in [-0.2, 0) is 11.8 Å². The van der Waals surface area contributed by atoms with Gasteiger partial charge >= 0.3 is 12.0 Å². The third kappa shape index (κ3) is 4.83. The molecule has 0 aliphatic rings. The molecular weight excluding hydrogens is 240 g/mol. The summed E-state index contributed by atoms with van der Waals surface area (Å²) in [6.07, 6.45) is 2.63. The van der Waals surface area contributed by atoms with Crippen molar-refractivity contribution in [2.75, 3.05) is 11.9 Å². The number of rotatable bonds is 5. The molecule has 2 amide bonds. The van der Waals surface area contributed by atoms with Crippen LogP contribution in [0.1, 0.15) is 13.3 Å². The number of carbonyl (C=O) groups excluding carboxylic acids is 1. The molecule has 1 heterocycles. The van der Waals surface area contributed by atoms with Crippen LogP contribution >= 0.6 is 0 Å². The lowest BCUT2D eigenvalue weighted by Crippen LogP contribution is -2.43. The van der Waals surface area contributed by atoms with E-state index in [1.54, 1.807) is 13.2 Å². The lowest BCUT2D eigenvalue weighted by molar-refractivity contribution is -0.141. The third-order valence-corrected chi connectivity index (χ3v) is 2.12. The summed E-state index contributed by atoms with van der Waals surface area (Å²) >= 11 is 0. The van der Waals surface area contributed by atoms with Crippen LogP contribution in [0.5, 0.6) is 0 Å². The van der Waals surface area contributed by atoms with E-state index in [2.05, 4.69) is 15.7 Å². The summed E-state index contributed by atoms with van der Waals surface area (Å²) in [5.41, 5.74) is -0.981. The number of carboxylic acid groups (broad SMARTS) is 1. The number of amides is 2. The number of anilines is 1. The molecule has 0 aromatic carbocycles. The smallest absolute Gasteiger partial charge is 0.319 e. The van der Waals surface area contributed by atoms with Gasteiger partial charge in [0.2, 0.25) is 0 Å². The summed E-state index contributed by atoms with van der Waals surface area (Å²) in [6.45, 7) is 1.18. The van der Waals surface area contributed by atoms with Gasteiger partial charge in [0.1, 0.15) is 0 Å². The molecule has 1 atom stereocenters. The summed E-state index contributed by atoms with van der Waals surface area (Å²) in [4.78, 5) is 21.9. The molecule has 0 bridgehead atoms. The number of nitrogens with one attached hydrogen (secondary N) is 2. The van der Waals surface area contributed by atoms with Gasteiger partial charge in [0, 0.05) is 19.8 Å². The van der Waals surface area contributed by atoms with Crippen LogP contribution in [0, 0.1) is 0 Å². The van der Waals surface area contributed by atoms with E-state index in [4.69, 9.17) is 5.11 Å². The van der Waals surface area contributed by atoms with E-state index in [0.29, 0.717) is 5.69 Å². The van der Waals surface area contributed by atoms with Gasteiger partial charge < -0.3 is 20.8 Å². The van der Waals surface area contributed by atoms with Crippen molar-refractivity contribution in [3.05, 3.63) is 12.4 Å². The van der Waals surface area contributed by atoms with E-state index in [0.717, 1.165) is 0 Å². The second-order valence-electron chi connectivity index (χ2n) is 4.28. The second-order valence-corrected chi connectivity index (χ2v) is 4.28. The molecule has 0 spiro atoms. The van der Waals surface area contributed by atoms with E-state index < -0.39 is 24.0 Å². The molecule has 100 valence electrons. The molecule has 1 aromatic rings. The number of carboxylic acids is 1. The van der Waals surface area contributed by atoms with Gasteiger partial charge in [0.25, 0.3) is 0 Å². The number of hydrogen-bond donors (Lipinski definition) is 4. The van der Waals surface area contributed by atoms with Gasteiger partial charge in [-0.05, 0) is 6.92 Å². The predicted molar refractivity (Wildman–Crippen MR) is 63.1 cm³/mol. The number of aliphatic carboxylic acids is 1. The monoisotopic (exact) mass is 256 g/mol. The van der Waals surface area contributed by atoms with Gasteiger partial charge in [0.05, 0.1) is 23.9 Å². The Morgan fingerprint density at radius 2 is 2.22 bits per heavy atom. The standard InChI is InChI=1S/C10H16N4O4/c1-10(18,3-8(15)16)6-11-9(17)13-7-4-12-14(2)5-7/h4-5,18H,3,6H2,1-2H3,(H,15,16)(H2,11,13,17). The quantitative estimate of drug-likeness (QED) is 0.580. The number of aromatic nitrogens is 2. The second kappa shape index (κ2) is 5.50. The van der Waals surface area contributed by atoms with Crippen LogP contribution in [0.4, 0.5) is 10.5 Å². The summed E-state index contributed by atoms with van der Waals surface area (Å²) in [6, 6.07) is -0.534. The van der Waals surface area contributed by atoms with Crippen molar-refractivity contribution in [3.63, 3.8) is 0 Å². The molecule has 0 aliphatic carbocycles. The Bertz CT molecular complexity index is 441. The number of aryl methyl sites for hydroxylation is 1. The zero-order valence-corrected chi connectivity index (χ0v) is 10.2. The van der Waals surface area contributed by atoms with Gasteiger partial charge in [-0.1, -0.05) is 0 Å². The molecular formula is C10H16N4O4. The first kappa shape index (κ1) is 14.0. The summed E-state index contributed by atoms with van der Waals surface area (Å²) in [5.74, 6) is -1.13. The Kier molecular flexibility index (Phi) is 4.27. The highest BCUT2D eigenvalue weighted by Crippen LogP contribution is 2.08. The fourth-order valence-electron chi connectivity index (χ4n) is 1.32. The lowest BCUT2D eigenvalue weighted by Gasteiger charge is -2.21. The number of urea groups is 1. The first-order chi connectivity index (χ1) is 8.28. The zero-order valence-electron chi connectivity index (χ0n) is 10.2. The van der Waals surface area contributed by atoms with E-state index in [1.807, 2.05) is 0 Å². The Hall–Kier alpha value is -2.09. The zero-order chi connectivity index (χ0) is 13.8. The van der Waals surface area contributed by atoms with Crippen LogP contribution in [0.3, 0.4) is 0 Å². The average Bonchev–Trinajstić information content (AvgIpc) is 2.59. The van der Waals surface area contributed by atoms with Crippen molar-refractivity contribution in [3.8, 4) is 0 Å². The minimum atomic E-state index is -1.49. The molecule has 1 aromatic heterocycles. The van der Waals surface area contributed by atoms with Gasteiger partial charge in [-0.25, -0.2) is 4.79 Å². The molecule has 4 N–H and O–H groups in total. The van der Waals surface area contributed by atoms with E-state index in [1.165, 1.54) is 17.8 Å². The summed E-state index contributed by atoms with van der Waals surface area (Å²) < 4.78 is 1.52. The van der Waals surface area contributed by atoms with Gasteiger partial charge in [-0.15, -0.1) is 0 Å². The fraction of sp³-hybridized carbons (Fsp3) is 0.500. The van der Waals surface area contributed by atoms with Crippen molar-refractivity contribution in [1.29, 1.82) is 0 Å². The number of aliphatic hydroxyl groups is 1. The highest BCUT2D eigenvalue weighted by molar-refractivity contribution is 5.88. The normalized spacial score (nSPS) is 13.7. The van der Waals surface area contributed by atoms with Crippen LogP contribution in [-0.4, -0.2) is 44.1 Å². The Morgan fingerprint density at radius 3 is 2.72 bits per heavy atom. The number of nitrogens with zero attached hydrogens (tertiary/aromatic N) is 2. The first-order valence-electron chi connectivity index (χ1n) is 5.26. The largest absolute Gasteiger partial charge is 0.481 e.